The quantitative estimate of drug-likeness (QED) is 0.0700. The number of alkyl carbamates (subject to hydrolysis) is 1. The van der Waals surface area contributed by atoms with Gasteiger partial charge in [0.05, 0.1) is 34.1 Å². The van der Waals surface area contributed by atoms with Gasteiger partial charge in [0, 0.05) is 11.0 Å². The molecule has 3 aliphatic rings. The second-order valence-electron chi connectivity index (χ2n) is 18.5. The molecule has 0 spiro atoms. The van der Waals surface area contributed by atoms with E-state index in [-0.39, 0.29) is 45.8 Å². The minimum atomic E-state index is -4.93. The van der Waals surface area contributed by atoms with Crippen molar-refractivity contribution in [1.82, 2.24) is 25.0 Å². The van der Waals surface area contributed by atoms with E-state index in [0.717, 1.165) is 25.1 Å². The summed E-state index contributed by atoms with van der Waals surface area (Å²) in [4.78, 5) is 52.1. The molecule has 2 amide bonds. The molecule has 7 rings (SSSR count). The van der Waals surface area contributed by atoms with Crippen LogP contribution in [-0.2, 0) is 40.5 Å². The zero-order valence-electron chi connectivity index (χ0n) is 37.2. The molecule has 13 nitrogen and oxygen atoms in total. The Labute approximate surface area is 386 Å². The monoisotopic (exact) mass is 962 g/mol. The van der Waals surface area contributed by atoms with Crippen LogP contribution in [0.3, 0.4) is 0 Å². The lowest BCUT2D eigenvalue weighted by Crippen LogP contribution is -2.50. The Morgan fingerprint density at radius 2 is 1.57 bits per heavy atom. The first kappa shape index (κ1) is 49.4. The Balaban J connectivity index is 1.37. The number of rotatable bonds is 15. The first-order chi connectivity index (χ1) is 31.3. The van der Waals surface area contributed by atoms with Crippen molar-refractivity contribution in [2.24, 2.45) is 15.8 Å². The molecule has 22 heteroatoms. The highest BCUT2D eigenvalue weighted by Gasteiger charge is 2.60. The van der Waals surface area contributed by atoms with Crippen LogP contribution < -0.4 is 10.8 Å². The Morgan fingerprint density at radius 1 is 0.925 bits per heavy atom. The molecule has 0 radical (unpaired) electrons. The normalized spacial score (nSPS) is 20.3. The number of nitrogens with zero attached hydrogens (tertiary/aromatic N) is 5. The van der Waals surface area contributed by atoms with Crippen LogP contribution >= 0.6 is 11.6 Å². The van der Waals surface area contributed by atoms with E-state index in [1.165, 1.54) is 42.5 Å². The molecule has 1 saturated heterocycles. The van der Waals surface area contributed by atoms with Gasteiger partial charge in [0.1, 0.15) is 19.5 Å². The molecule has 1 aromatic heterocycles. The number of aliphatic imine (C=N–C) groups is 1. The molecule has 0 bridgehead atoms. The number of hydrogen-bond donors (Lipinski definition) is 1. The summed E-state index contributed by atoms with van der Waals surface area (Å²) < 4.78 is 125. The van der Waals surface area contributed by atoms with E-state index >= 15 is 18.0 Å². The summed E-state index contributed by atoms with van der Waals surface area (Å²) in [6.45, 7) is 4.72. The summed E-state index contributed by atoms with van der Waals surface area (Å²) in [7, 11) is -0.911. The predicted octanol–water partition coefficient (Wildman–Crippen LogP) is 9.31. The Bertz CT molecular complexity index is 2510. The number of guanidine groups is 1. The fraction of sp³-hybridized carbons (Fsp3) is 0.467. The first-order valence-electron chi connectivity index (χ1n) is 21.2. The van der Waals surface area contributed by atoms with Crippen LogP contribution in [0.5, 0.6) is 0 Å². The van der Waals surface area contributed by atoms with Crippen LogP contribution in [0.2, 0.25) is 5.02 Å². The van der Waals surface area contributed by atoms with Crippen molar-refractivity contribution in [3.05, 3.63) is 101 Å². The maximum Gasteiger partial charge on any atom is 0.494 e. The average Bonchev–Trinajstić information content (AvgIpc) is 3.68. The zero-order chi connectivity index (χ0) is 48.9. The number of nitrogens with one attached hydrogen (secondary N) is 1. The second-order valence-corrected chi connectivity index (χ2v) is 18.9. The summed E-state index contributed by atoms with van der Waals surface area (Å²) in [5.41, 5.74) is -7.59. The summed E-state index contributed by atoms with van der Waals surface area (Å²) >= 11 is 6.52. The van der Waals surface area contributed by atoms with Gasteiger partial charge in [-0.25, -0.2) is 23.6 Å². The van der Waals surface area contributed by atoms with Gasteiger partial charge in [0.2, 0.25) is 12.4 Å². The number of aromatic nitrogens is 3. The molecule has 1 saturated carbocycles. The number of hydrogen-bond acceptors (Lipinski definition) is 10. The van der Waals surface area contributed by atoms with Crippen molar-refractivity contribution < 1.29 is 63.9 Å². The van der Waals surface area contributed by atoms with E-state index in [1.807, 2.05) is 27.7 Å². The van der Waals surface area contributed by atoms with Crippen LogP contribution in [0.15, 0.2) is 84.1 Å². The number of amides is 2. The number of benzene rings is 3. The average molecular weight is 963 g/mol. The summed E-state index contributed by atoms with van der Waals surface area (Å²) in [5, 5.41) is 5.84. The van der Waals surface area contributed by atoms with Crippen molar-refractivity contribution in [2.45, 2.75) is 116 Å². The highest BCUT2D eigenvalue weighted by atomic mass is 35.5. The number of halogens is 8. The molecule has 2 fully saturated rings. The molecule has 1 aliphatic carbocycles. The minimum Gasteiger partial charge on any atom is -0.463 e. The highest BCUT2D eigenvalue weighted by molar-refractivity contribution is 6.62. The van der Waals surface area contributed by atoms with Crippen molar-refractivity contribution in [2.75, 3.05) is 6.61 Å². The second kappa shape index (κ2) is 18.2. The number of esters is 1. The SMILES string of the molecule is CC(C)(C[C@]1(c2ccc(B3OC(C)(C)C(C)(C)O3)cc2)N=C(NC(=O)OCc2ccccc2)N([C@H](COC(=O)CC2(C(F)F)CC2)c2ccc(Cl)c(-c3ncnn3C(F)F)c2)C1=O)C(F)(F)F. The maximum atomic E-state index is 15.6. The lowest BCUT2D eigenvalue weighted by molar-refractivity contribution is -0.218. The van der Waals surface area contributed by atoms with Gasteiger partial charge in [0.25, 0.3) is 5.91 Å². The van der Waals surface area contributed by atoms with Gasteiger partial charge in [-0.05, 0) is 81.2 Å². The van der Waals surface area contributed by atoms with Gasteiger partial charge >= 0.3 is 31.9 Å². The van der Waals surface area contributed by atoms with E-state index < -0.39 is 109 Å². The Kier molecular flexibility index (Phi) is 13.4. The third kappa shape index (κ3) is 9.90. The summed E-state index contributed by atoms with van der Waals surface area (Å²) in [5.74, 6) is -3.35. The molecule has 3 heterocycles. The lowest BCUT2D eigenvalue weighted by Gasteiger charge is -2.37. The Morgan fingerprint density at radius 3 is 2.15 bits per heavy atom. The molecule has 2 aliphatic heterocycles. The topological polar surface area (TPSA) is 146 Å². The molecule has 358 valence electrons. The van der Waals surface area contributed by atoms with Gasteiger partial charge in [-0.2, -0.15) is 31.7 Å². The van der Waals surface area contributed by atoms with Crippen LogP contribution in [0.4, 0.5) is 35.5 Å². The minimum absolute atomic E-state index is 0.0375. The largest absolute Gasteiger partial charge is 0.494 e. The van der Waals surface area contributed by atoms with Crippen molar-refractivity contribution in [1.29, 1.82) is 0 Å². The van der Waals surface area contributed by atoms with Crippen molar-refractivity contribution >= 4 is 48.1 Å². The third-order valence-corrected chi connectivity index (χ3v) is 13.2. The molecule has 4 aromatic rings. The number of alkyl halides is 7. The Hall–Kier alpha value is -5.54. The molecule has 2 atom stereocenters. The molecular weight excluding hydrogens is 916 g/mol. The molecule has 1 N–H and O–H groups in total. The number of carbonyl (C=O) groups excluding carboxylic acids is 3. The summed E-state index contributed by atoms with van der Waals surface area (Å²) in [6.07, 6.45) is -9.84. The van der Waals surface area contributed by atoms with Gasteiger partial charge in [-0.1, -0.05) is 86.1 Å². The fourth-order valence-electron chi connectivity index (χ4n) is 7.82. The van der Waals surface area contributed by atoms with Crippen LogP contribution in [0.25, 0.3) is 11.4 Å². The fourth-order valence-corrected chi connectivity index (χ4v) is 8.02. The van der Waals surface area contributed by atoms with E-state index in [1.54, 1.807) is 30.3 Å². The zero-order valence-corrected chi connectivity index (χ0v) is 37.9. The predicted molar refractivity (Wildman–Crippen MR) is 230 cm³/mol. The highest BCUT2D eigenvalue weighted by Crippen LogP contribution is 2.54. The number of ether oxygens (including phenoxy) is 2. The van der Waals surface area contributed by atoms with Crippen LogP contribution in [-0.4, -0.2) is 81.1 Å². The molecular formula is C45H47BClF7N6O7. The smallest absolute Gasteiger partial charge is 0.463 e. The van der Waals surface area contributed by atoms with E-state index in [4.69, 9.17) is 30.4 Å². The van der Waals surface area contributed by atoms with Gasteiger partial charge in [-0.3, -0.25) is 19.8 Å². The summed E-state index contributed by atoms with van der Waals surface area (Å²) in [6, 6.07) is 16.3. The maximum absolute atomic E-state index is 15.6. The number of carbonyl (C=O) groups is 3. The van der Waals surface area contributed by atoms with E-state index in [0.29, 0.717) is 11.0 Å². The lowest BCUT2D eigenvalue weighted by atomic mass is 9.72. The molecule has 3 aromatic carbocycles. The van der Waals surface area contributed by atoms with E-state index in [9.17, 15) is 27.2 Å². The third-order valence-electron chi connectivity index (χ3n) is 12.8. The first-order valence-corrected chi connectivity index (χ1v) is 21.5. The standard InChI is InChI=1S/C45H47BClF7N6O7/c1-40(2,45(52,53)54)24-44(28-13-15-29(16-14-28)46-66-41(3,4)42(5,6)67-46)36(62)59(38(58-44)57-39(63)65-22-26-10-8-7-9-11-26)32(23-64-33(61)21-43(18-19-43)35(48)49)27-12-17-31(47)30(20-27)34-55-25-56-60(34)37(50)51/h7-17,20,25,32,35,37H,18-19,21-24H2,1-6H3,(H,57,58,63)/t32-,44-/m1/s1. The van der Waals surface area contributed by atoms with Crippen molar-refractivity contribution in [3.63, 3.8) is 0 Å². The van der Waals surface area contributed by atoms with Crippen LogP contribution in [0, 0.1) is 10.8 Å². The molecule has 0 unspecified atom stereocenters. The van der Waals surface area contributed by atoms with E-state index in [2.05, 4.69) is 20.4 Å². The van der Waals surface area contributed by atoms with Gasteiger partial charge < -0.3 is 18.8 Å². The van der Waals surface area contributed by atoms with Crippen molar-refractivity contribution in [3.8, 4) is 11.4 Å². The molecule has 67 heavy (non-hydrogen) atoms. The van der Waals surface area contributed by atoms with Crippen LogP contribution in [0.1, 0.15) is 96.5 Å². The van der Waals surface area contributed by atoms with Gasteiger partial charge in [-0.15, -0.1) is 0 Å². The van der Waals surface area contributed by atoms with Gasteiger partial charge in [0.15, 0.2) is 11.4 Å².